The number of phosphoric acid groups is 3. The van der Waals surface area contributed by atoms with Crippen LogP contribution in [0.2, 0.25) is 0 Å². The van der Waals surface area contributed by atoms with E-state index in [9.17, 15) is 33.7 Å². The Kier molecular flexibility index (Phi) is 10.1. The summed E-state index contributed by atoms with van der Waals surface area (Å²) in [5.41, 5.74) is 5.42. The SMILES string of the molecule is N.N.N.N.[2H]C([2H])(OP(=O)(O)OP(=O)(O)OP(=O)(O)O)[C@@]1([2H])O[C@@H](n2cnc3c(N)ncnc32)[C@H](O)[C@]1([2H])O. The third-order valence-electron chi connectivity index (χ3n) is 3.35. The number of nitrogens with two attached hydrogens (primary N) is 1. The molecule has 22 nitrogen and oxygen atoms in total. The van der Waals surface area contributed by atoms with Crippen LogP contribution in [-0.4, -0.2) is 74.1 Å². The molecule has 0 radical (unpaired) electrons. The van der Waals surface area contributed by atoms with Crippen molar-refractivity contribution in [2.75, 3.05) is 12.3 Å². The van der Waals surface area contributed by atoms with Gasteiger partial charge < -0.3 is 64.9 Å². The lowest BCUT2D eigenvalue weighted by atomic mass is 10.1. The van der Waals surface area contributed by atoms with Crippen LogP contribution >= 0.6 is 23.5 Å². The molecule has 0 amide bonds. The van der Waals surface area contributed by atoms with E-state index in [4.69, 9.17) is 25.7 Å². The first-order valence-corrected chi connectivity index (χ1v) is 12.0. The molecule has 0 saturated carbocycles. The lowest BCUT2D eigenvalue weighted by Crippen LogP contribution is -2.33. The summed E-state index contributed by atoms with van der Waals surface area (Å²) in [5, 5.41) is 20.9. The van der Waals surface area contributed by atoms with Gasteiger partial charge in [-0.2, -0.15) is 8.62 Å². The minimum Gasteiger partial charge on any atom is -0.387 e. The van der Waals surface area contributed by atoms with Gasteiger partial charge in [-0.1, -0.05) is 0 Å². The van der Waals surface area contributed by atoms with Gasteiger partial charge in [0.25, 0.3) is 0 Å². The van der Waals surface area contributed by atoms with Crippen LogP contribution in [0.15, 0.2) is 12.7 Å². The average Bonchev–Trinajstić information content (AvgIpc) is 3.12. The maximum Gasteiger partial charge on any atom is 0.490 e. The molecule has 1 saturated heterocycles. The second kappa shape index (κ2) is 12.6. The Bertz CT molecular complexity index is 1300. The van der Waals surface area contributed by atoms with E-state index < -0.39 is 54.5 Å². The maximum absolute atomic E-state index is 12.1. The number of fused-ring (bicyclic) bond motifs is 1. The van der Waals surface area contributed by atoms with Crippen LogP contribution in [0.3, 0.4) is 0 Å². The fraction of sp³-hybridized carbons (Fsp3) is 0.500. The Morgan fingerprint density at radius 2 is 1.66 bits per heavy atom. The molecule has 3 rings (SSSR count). The molecule has 3 heterocycles. The van der Waals surface area contributed by atoms with E-state index in [2.05, 4.69) is 28.1 Å². The molecule has 2 unspecified atom stereocenters. The van der Waals surface area contributed by atoms with Crippen LogP contribution in [0.25, 0.3) is 11.2 Å². The van der Waals surface area contributed by atoms with Gasteiger partial charge >= 0.3 is 23.5 Å². The van der Waals surface area contributed by atoms with Crippen molar-refractivity contribution in [2.45, 2.75) is 24.5 Å². The summed E-state index contributed by atoms with van der Waals surface area (Å²) in [6.07, 6.45) is -10.1. The van der Waals surface area contributed by atoms with E-state index in [0.29, 0.717) is 0 Å². The number of imidazole rings is 1. The Morgan fingerprint density at radius 3 is 2.23 bits per heavy atom. The van der Waals surface area contributed by atoms with Crippen LogP contribution in [0, 0.1) is 0 Å². The highest BCUT2D eigenvalue weighted by Gasteiger charge is 2.47. The van der Waals surface area contributed by atoms with Crippen LogP contribution < -0.4 is 30.3 Å². The minimum absolute atomic E-state index is 0. The van der Waals surface area contributed by atoms with Gasteiger partial charge in [0, 0.05) is 0 Å². The van der Waals surface area contributed by atoms with Crippen molar-refractivity contribution in [3.05, 3.63) is 12.7 Å². The number of aliphatic hydroxyl groups excluding tert-OH is 1. The Balaban J connectivity index is 0. The number of phosphoric ester groups is 1. The van der Waals surface area contributed by atoms with Gasteiger partial charge in [-0.3, -0.25) is 9.09 Å². The van der Waals surface area contributed by atoms with E-state index in [1.54, 1.807) is 0 Å². The largest absolute Gasteiger partial charge is 0.490 e. The fourth-order valence-corrected chi connectivity index (χ4v) is 5.09. The predicted octanol–water partition coefficient (Wildman–Crippen LogP) is -0.981. The molecule has 25 heteroatoms. The molecule has 0 spiro atoms. The fourth-order valence-electron chi connectivity index (χ4n) is 2.25. The van der Waals surface area contributed by atoms with E-state index in [1.807, 2.05) is 0 Å². The molecule has 0 aromatic carbocycles. The molecular weight excluding hydrogens is 547 g/mol. The summed E-state index contributed by atoms with van der Waals surface area (Å²) in [7, 11) is -18.0. The number of ether oxygens (including phenoxy) is 1. The van der Waals surface area contributed by atoms with Gasteiger partial charge in [-0.25, -0.2) is 28.6 Å². The molecule has 1 aliphatic rings. The van der Waals surface area contributed by atoms with Crippen molar-refractivity contribution in [2.24, 2.45) is 0 Å². The lowest BCUT2D eigenvalue weighted by molar-refractivity contribution is -0.0503. The Hall–Kier alpha value is -1.52. The predicted molar refractivity (Wildman–Crippen MR) is 116 cm³/mol. The van der Waals surface area contributed by atoms with Crippen LogP contribution in [-0.2, 0) is 31.6 Å². The van der Waals surface area contributed by atoms with Crippen molar-refractivity contribution >= 4 is 40.4 Å². The number of nitrogen functional groups attached to an aromatic ring is 1. The average molecular weight is 579 g/mol. The van der Waals surface area contributed by atoms with Crippen LogP contribution in [0.4, 0.5) is 5.82 Å². The van der Waals surface area contributed by atoms with E-state index in [-0.39, 0.29) is 41.6 Å². The monoisotopic (exact) mass is 579 g/mol. The quantitative estimate of drug-likeness (QED) is 0.167. The number of aliphatic hydroxyl groups is 2. The highest BCUT2D eigenvalue weighted by molar-refractivity contribution is 7.66. The van der Waals surface area contributed by atoms with Gasteiger partial charge in [-0.05, 0) is 0 Å². The summed E-state index contributed by atoms with van der Waals surface area (Å²) in [4.78, 5) is 47.2. The van der Waals surface area contributed by atoms with E-state index in [0.717, 1.165) is 17.2 Å². The van der Waals surface area contributed by atoms with Crippen LogP contribution in [0.1, 0.15) is 11.7 Å². The molecule has 1 fully saturated rings. The summed E-state index contributed by atoms with van der Waals surface area (Å²) >= 11 is 0. The molecule has 2 aromatic rings. The van der Waals surface area contributed by atoms with Gasteiger partial charge in [0.05, 0.1) is 18.4 Å². The van der Waals surface area contributed by atoms with E-state index in [1.165, 1.54) is 0 Å². The normalized spacial score (nSPS) is 31.5. The third-order valence-corrected chi connectivity index (χ3v) is 7.00. The maximum atomic E-state index is 12.1. The Labute approximate surface area is 201 Å². The third kappa shape index (κ3) is 8.53. The topological polar surface area (TPSA) is 419 Å². The highest BCUT2D eigenvalue weighted by Crippen LogP contribution is 2.66. The molecule has 1 aliphatic heterocycles. The molecule has 2 aromatic heterocycles. The molecule has 0 bridgehead atoms. The first-order valence-electron chi connectivity index (χ1n) is 9.48. The number of anilines is 1. The molecule has 35 heavy (non-hydrogen) atoms. The van der Waals surface area contributed by atoms with Gasteiger partial charge in [0.1, 0.15) is 30.1 Å². The standard InChI is InChI=1S/C10H16N5O13P3.4H3N/c11-8-5-9(13-2-12-8)15(3-14-5)10-7(17)6(16)4(26-10)1-25-30(21,22)28-31(23,24)27-29(18,19)20;;;;/h2-4,6-7,10,16-17H,1H2,(H,21,22)(H,23,24)(H2,11,12,13)(H2,18,19,20);4*1H3/t4-,6-,7-,10-;;;;/m1..../s1/i1D2,4D,6D;;;;. The number of hydrogen-bond donors (Lipinski definition) is 11. The first kappa shape index (κ1) is 28.1. The number of aromatic nitrogens is 4. The Morgan fingerprint density at radius 1 is 1.06 bits per heavy atom. The molecule has 206 valence electrons. The van der Waals surface area contributed by atoms with Crippen molar-refractivity contribution in [1.82, 2.24) is 44.1 Å². The van der Waals surface area contributed by atoms with Crippen molar-refractivity contribution in [1.29, 1.82) is 0 Å². The van der Waals surface area contributed by atoms with Gasteiger partial charge in [0.15, 0.2) is 17.7 Å². The van der Waals surface area contributed by atoms with Crippen LogP contribution in [0.5, 0.6) is 0 Å². The van der Waals surface area contributed by atoms with Gasteiger partial charge in [-0.15, -0.1) is 0 Å². The second-order valence-electron chi connectivity index (χ2n) is 5.53. The zero-order valence-corrected chi connectivity index (χ0v) is 20.1. The second-order valence-corrected chi connectivity index (χ2v) is 9.88. The van der Waals surface area contributed by atoms with Crippen molar-refractivity contribution in [3.63, 3.8) is 0 Å². The number of hydrogen-bond acceptors (Lipinski definition) is 17. The zero-order chi connectivity index (χ0) is 26.8. The summed E-state index contributed by atoms with van der Waals surface area (Å²) in [5.74, 6) is -0.137. The minimum atomic E-state index is -6.21. The highest BCUT2D eigenvalue weighted by atomic mass is 31.3. The summed E-state index contributed by atoms with van der Waals surface area (Å²) in [6.45, 7) is -4.12. The number of nitrogens with zero attached hydrogens (tertiary/aromatic N) is 4. The van der Waals surface area contributed by atoms with Crippen molar-refractivity contribution in [3.8, 4) is 0 Å². The molecule has 6 atom stereocenters. The van der Waals surface area contributed by atoms with Crippen molar-refractivity contribution < 1.29 is 66.8 Å². The first-order chi connectivity index (χ1) is 15.6. The molecular formula is C10H28N9O13P3. The zero-order valence-electron chi connectivity index (χ0n) is 21.4. The number of rotatable bonds is 8. The van der Waals surface area contributed by atoms with Gasteiger partial charge in [0.2, 0.25) is 0 Å². The molecule has 0 aliphatic carbocycles. The summed E-state index contributed by atoms with van der Waals surface area (Å²) < 4.78 is 82.7. The smallest absolute Gasteiger partial charge is 0.387 e. The van der Waals surface area contributed by atoms with E-state index >= 15 is 0 Å². The summed E-state index contributed by atoms with van der Waals surface area (Å²) in [6, 6.07) is 0. The lowest BCUT2D eigenvalue weighted by Gasteiger charge is -2.19. The molecule has 20 N–H and O–H groups in total.